The van der Waals surface area contributed by atoms with E-state index in [1.807, 2.05) is 0 Å². The summed E-state index contributed by atoms with van der Waals surface area (Å²) in [6.45, 7) is 5.00. The Labute approximate surface area is 146 Å². The van der Waals surface area contributed by atoms with Crippen LogP contribution in [0.4, 0.5) is 0 Å². The lowest BCUT2D eigenvalue weighted by Crippen LogP contribution is -2.53. The van der Waals surface area contributed by atoms with Crippen molar-refractivity contribution in [1.29, 1.82) is 0 Å². The highest BCUT2D eigenvalue weighted by molar-refractivity contribution is 7.80. The largest absolute Gasteiger partial charge is 0.397 e. The van der Waals surface area contributed by atoms with Crippen molar-refractivity contribution in [3.05, 3.63) is 0 Å². The monoisotopic (exact) mass is 356 g/mol. The van der Waals surface area contributed by atoms with Gasteiger partial charge in [-0.3, -0.25) is 4.55 Å². The molecule has 4 nitrogen and oxygen atoms in total. The minimum absolute atomic E-state index is 0.324. The molecule has 0 amide bonds. The Morgan fingerprint density at radius 3 is 2.50 bits per heavy atom. The van der Waals surface area contributed by atoms with Crippen molar-refractivity contribution in [2.75, 3.05) is 0 Å². The molecule has 5 heteroatoms. The lowest BCUT2D eigenvalue weighted by Gasteiger charge is -2.60. The summed E-state index contributed by atoms with van der Waals surface area (Å²) in [6, 6.07) is 0. The maximum Gasteiger partial charge on any atom is 0.397 e. The number of rotatable bonds is 2. The summed E-state index contributed by atoms with van der Waals surface area (Å²) in [7, 11) is -4.32. The minimum Gasteiger partial charge on any atom is -0.264 e. The van der Waals surface area contributed by atoms with Crippen molar-refractivity contribution in [1.82, 2.24) is 0 Å². The van der Waals surface area contributed by atoms with Gasteiger partial charge in [0.1, 0.15) is 0 Å². The third-order valence-corrected chi connectivity index (χ3v) is 9.17. The van der Waals surface area contributed by atoms with Crippen LogP contribution in [0.1, 0.15) is 78.1 Å². The van der Waals surface area contributed by atoms with E-state index in [0.717, 1.165) is 37.0 Å². The maximum absolute atomic E-state index is 11.1. The second-order valence-corrected chi connectivity index (χ2v) is 10.7. The van der Waals surface area contributed by atoms with Crippen molar-refractivity contribution in [2.45, 2.75) is 84.2 Å². The molecule has 0 bridgehead atoms. The van der Waals surface area contributed by atoms with Crippen molar-refractivity contribution < 1.29 is 17.2 Å². The van der Waals surface area contributed by atoms with Gasteiger partial charge in [-0.05, 0) is 92.3 Å². The molecule has 7 atom stereocenters. The normalized spacial score (nSPS) is 51.5. The van der Waals surface area contributed by atoms with Crippen LogP contribution in [0.5, 0.6) is 0 Å². The molecule has 1 N–H and O–H groups in total. The van der Waals surface area contributed by atoms with Crippen LogP contribution < -0.4 is 0 Å². The van der Waals surface area contributed by atoms with E-state index in [0.29, 0.717) is 16.7 Å². The van der Waals surface area contributed by atoms with Gasteiger partial charge in [-0.15, -0.1) is 0 Å². The van der Waals surface area contributed by atoms with Crippen LogP contribution in [0.25, 0.3) is 0 Å². The molecule has 0 aromatic rings. The molecular weight excluding hydrogens is 324 g/mol. The van der Waals surface area contributed by atoms with E-state index in [2.05, 4.69) is 13.8 Å². The molecule has 0 aliphatic heterocycles. The molecule has 4 rings (SSSR count). The van der Waals surface area contributed by atoms with Crippen molar-refractivity contribution >= 4 is 10.4 Å². The minimum atomic E-state index is -4.32. The Morgan fingerprint density at radius 1 is 0.958 bits per heavy atom. The van der Waals surface area contributed by atoms with E-state index in [9.17, 15) is 8.42 Å². The van der Waals surface area contributed by atoms with E-state index < -0.39 is 10.4 Å². The van der Waals surface area contributed by atoms with Gasteiger partial charge in [0.05, 0.1) is 6.10 Å². The van der Waals surface area contributed by atoms with Gasteiger partial charge in [-0.2, -0.15) is 8.42 Å². The lowest BCUT2D eigenvalue weighted by molar-refractivity contribution is -0.118. The summed E-state index contributed by atoms with van der Waals surface area (Å²) in [5.74, 6) is 3.15. The molecule has 0 aromatic heterocycles. The third-order valence-electron chi connectivity index (χ3n) is 8.66. The summed E-state index contributed by atoms with van der Waals surface area (Å²) in [5.41, 5.74) is 0.932. The molecule has 24 heavy (non-hydrogen) atoms. The Morgan fingerprint density at radius 2 is 1.75 bits per heavy atom. The molecule has 138 valence electrons. The predicted molar refractivity (Wildman–Crippen MR) is 92.8 cm³/mol. The lowest BCUT2D eigenvalue weighted by atomic mass is 9.45. The molecule has 4 fully saturated rings. The smallest absolute Gasteiger partial charge is 0.264 e. The topological polar surface area (TPSA) is 63.6 Å². The van der Waals surface area contributed by atoms with Gasteiger partial charge in [-0.1, -0.05) is 20.3 Å². The highest BCUT2D eigenvalue weighted by Crippen LogP contribution is 2.66. The van der Waals surface area contributed by atoms with E-state index in [4.69, 9.17) is 8.74 Å². The van der Waals surface area contributed by atoms with E-state index in [1.165, 1.54) is 44.9 Å². The van der Waals surface area contributed by atoms with E-state index in [1.54, 1.807) is 0 Å². The van der Waals surface area contributed by atoms with Gasteiger partial charge in [0.2, 0.25) is 0 Å². The summed E-state index contributed by atoms with van der Waals surface area (Å²) in [4.78, 5) is 0. The summed E-state index contributed by atoms with van der Waals surface area (Å²) >= 11 is 0. The Hall–Kier alpha value is -0.130. The first-order chi connectivity index (χ1) is 11.2. The fourth-order valence-corrected chi connectivity index (χ4v) is 7.99. The first-order valence-electron chi connectivity index (χ1n) is 9.87. The average Bonchev–Trinajstić information content (AvgIpc) is 2.88. The Kier molecular flexibility index (Phi) is 4.10. The molecule has 0 saturated heterocycles. The standard InChI is InChI=1S/C19H32O4S/c1-18-9-3-4-16(18)15-6-5-13-12-14(23-24(20,21)22)7-11-19(13,2)17(15)8-10-18/h13-17H,3-12H2,1-2H3,(H,20,21,22)/t13-,14+,15+,16-,17+,18-,19-/m0/s1. The number of hydrogen-bond acceptors (Lipinski definition) is 3. The molecule has 0 aromatic carbocycles. The zero-order chi connectivity index (χ0) is 17.2. The van der Waals surface area contributed by atoms with Gasteiger partial charge in [0, 0.05) is 0 Å². The van der Waals surface area contributed by atoms with Crippen LogP contribution in [0.3, 0.4) is 0 Å². The van der Waals surface area contributed by atoms with Gasteiger partial charge >= 0.3 is 10.4 Å². The molecule has 0 unspecified atom stereocenters. The summed E-state index contributed by atoms with van der Waals surface area (Å²) < 4.78 is 36.0. The van der Waals surface area contributed by atoms with E-state index >= 15 is 0 Å². The fourth-order valence-electron chi connectivity index (χ4n) is 7.47. The Bertz CT molecular complexity index is 602. The van der Waals surface area contributed by atoms with Crippen LogP contribution in [-0.4, -0.2) is 19.1 Å². The van der Waals surface area contributed by atoms with Crippen LogP contribution in [0.15, 0.2) is 0 Å². The van der Waals surface area contributed by atoms with Crippen LogP contribution in [-0.2, 0) is 14.6 Å². The van der Waals surface area contributed by atoms with Gasteiger partial charge in [0.15, 0.2) is 0 Å². The Balaban J connectivity index is 1.52. The second-order valence-electron chi connectivity index (χ2n) is 9.66. The zero-order valence-electron chi connectivity index (χ0n) is 15.0. The van der Waals surface area contributed by atoms with Crippen LogP contribution in [0, 0.1) is 34.5 Å². The highest BCUT2D eigenvalue weighted by atomic mass is 32.3. The van der Waals surface area contributed by atoms with Crippen LogP contribution in [0.2, 0.25) is 0 Å². The first kappa shape index (κ1) is 17.3. The molecule has 0 spiro atoms. The van der Waals surface area contributed by atoms with Gasteiger partial charge in [0.25, 0.3) is 0 Å². The van der Waals surface area contributed by atoms with Gasteiger partial charge in [-0.25, -0.2) is 4.18 Å². The zero-order valence-corrected chi connectivity index (χ0v) is 15.9. The SMILES string of the molecule is C[C@@]12CCC[C@H]1[C@H]1CC[C@H]3C[C@H](OS(=O)(=O)O)CC[C@]3(C)[C@@H]1CC2. The highest BCUT2D eigenvalue weighted by Gasteiger charge is 2.58. The van der Waals surface area contributed by atoms with Crippen molar-refractivity contribution in [2.24, 2.45) is 34.5 Å². The maximum atomic E-state index is 11.1. The first-order valence-corrected chi connectivity index (χ1v) is 11.2. The summed E-state index contributed by atoms with van der Waals surface area (Å²) in [6.07, 6.45) is 11.8. The van der Waals surface area contributed by atoms with Crippen molar-refractivity contribution in [3.63, 3.8) is 0 Å². The van der Waals surface area contributed by atoms with Crippen molar-refractivity contribution in [3.8, 4) is 0 Å². The molecule has 4 aliphatic carbocycles. The second kappa shape index (κ2) is 5.68. The van der Waals surface area contributed by atoms with Crippen LogP contribution >= 0.6 is 0 Å². The number of fused-ring (bicyclic) bond motifs is 5. The van der Waals surface area contributed by atoms with E-state index in [-0.39, 0.29) is 6.10 Å². The third kappa shape index (κ3) is 2.75. The molecule has 0 heterocycles. The molecule has 4 aliphatic rings. The fraction of sp³-hybridized carbons (Fsp3) is 1.00. The summed E-state index contributed by atoms with van der Waals surface area (Å²) in [5, 5.41) is 0. The number of hydrogen-bond donors (Lipinski definition) is 1. The molecule has 0 radical (unpaired) electrons. The molecular formula is C19H32O4S. The predicted octanol–water partition coefficient (Wildman–Crippen LogP) is 4.61. The average molecular weight is 357 g/mol. The van der Waals surface area contributed by atoms with Gasteiger partial charge < -0.3 is 0 Å². The molecule has 4 saturated carbocycles. The quantitative estimate of drug-likeness (QED) is 0.734.